The number of hydrogen-bond acceptors (Lipinski definition) is 3. The van der Waals surface area contributed by atoms with Gasteiger partial charge < -0.3 is 15.3 Å². The second-order valence-electron chi connectivity index (χ2n) is 4.58. The lowest BCUT2D eigenvalue weighted by molar-refractivity contribution is -0.139. The number of nitrogens with one attached hydrogen (secondary N) is 1. The topological polar surface area (TPSA) is 69.6 Å². The number of nitrogens with zero attached hydrogens (tertiary/aromatic N) is 1. The Kier molecular flexibility index (Phi) is 5.61. The summed E-state index contributed by atoms with van der Waals surface area (Å²) in [5.74, 6) is 0.356. The average Bonchev–Trinajstić information content (AvgIpc) is 2.94. The molecule has 114 valence electrons. The Labute approximate surface area is 136 Å². The fraction of sp³-hybridized carbons (Fsp3) is 0.385. The summed E-state index contributed by atoms with van der Waals surface area (Å²) < 4.78 is 0. The molecule has 0 aromatic heterocycles. The first kappa shape index (κ1) is 16.3. The van der Waals surface area contributed by atoms with E-state index in [-0.39, 0.29) is 12.5 Å². The number of aliphatic carboxylic acids is 1. The van der Waals surface area contributed by atoms with Gasteiger partial charge in [-0.05, 0) is 17.7 Å². The van der Waals surface area contributed by atoms with Crippen LogP contribution in [0.4, 0.5) is 4.79 Å². The van der Waals surface area contributed by atoms with E-state index in [4.69, 9.17) is 23.2 Å². The highest BCUT2D eigenvalue weighted by Gasteiger charge is 2.25. The van der Waals surface area contributed by atoms with Crippen LogP contribution in [0.3, 0.4) is 0 Å². The molecule has 5 nitrogen and oxygen atoms in total. The van der Waals surface area contributed by atoms with E-state index in [1.807, 2.05) is 0 Å². The largest absolute Gasteiger partial charge is 0.480 e. The summed E-state index contributed by atoms with van der Waals surface area (Å²) in [5.41, 5.74) is 0.629. The quantitative estimate of drug-likeness (QED) is 0.877. The standard InChI is InChI=1S/C13H14Cl2N2O3S/c14-9-2-1-8(10(15)6-9)5-11(12(18)19)16-13(20)17-3-4-21-7-17/h1-2,6,11H,3-5,7H2,(H,16,20)(H,18,19)/t11-/m1/s1. The molecule has 1 aromatic rings. The van der Waals surface area contributed by atoms with Crippen molar-refractivity contribution in [3.63, 3.8) is 0 Å². The third-order valence-electron chi connectivity index (χ3n) is 3.07. The minimum Gasteiger partial charge on any atom is -0.480 e. The van der Waals surface area contributed by atoms with E-state index in [1.165, 1.54) is 0 Å². The number of carboxylic acids is 1. The molecule has 1 atom stereocenters. The Bertz CT molecular complexity index is 550. The minimum absolute atomic E-state index is 0.109. The molecule has 0 radical (unpaired) electrons. The highest BCUT2D eigenvalue weighted by molar-refractivity contribution is 7.99. The summed E-state index contributed by atoms with van der Waals surface area (Å²) in [5, 5.41) is 12.7. The summed E-state index contributed by atoms with van der Waals surface area (Å²) in [4.78, 5) is 24.9. The molecule has 1 fully saturated rings. The molecule has 1 heterocycles. The van der Waals surface area contributed by atoms with Gasteiger partial charge in [0.05, 0.1) is 5.88 Å². The van der Waals surface area contributed by atoms with Gasteiger partial charge in [-0.25, -0.2) is 9.59 Å². The lowest BCUT2D eigenvalue weighted by Gasteiger charge is -2.20. The van der Waals surface area contributed by atoms with Crippen LogP contribution in [-0.4, -0.2) is 46.2 Å². The second kappa shape index (κ2) is 7.24. The summed E-state index contributed by atoms with van der Waals surface area (Å²) in [7, 11) is 0. The maximum Gasteiger partial charge on any atom is 0.326 e. The highest BCUT2D eigenvalue weighted by Crippen LogP contribution is 2.22. The van der Waals surface area contributed by atoms with Crippen LogP contribution in [0.15, 0.2) is 18.2 Å². The van der Waals surface area contributed by atoms with E-state index < -0.39 is 12.0 Å². The summed E-state index contributed by atoms with van der Waals surface area (Å²) in [6.45, 7) is 0.630. The van der Waals surface area contributed by atoms with E-state index in [0.717, 1.165) is 5.75 Å². The number of thioether (sulfide) groups is 1. The Morgan fingerprint density at radius 3 is 2.76 bits per heavy atom. The van der Waals surface area contributed by atoms with Crippen LogP contribution in [-0.2, 0) is 11.2 Å². The molecule has 1 aromatic carbocycles. The predicted octanol–water partition coefficient (Wildman–Crippen LogP) is 2.71. The molecule has 21 heavy (non-hydrogen) atoms. The number of carboxylic acid groups (broad SMARTS) is 1. The van der Waals surface area contributed by atoms with Gasteiger partial charge in [0.2, 0.25) is 0 Å². The zero-order valence-corrected chi connectivity index (χ0v) is 13.3. The Balaban J connectivity index is 2.04. The lowest BCUT2D eigenvalue weighted by atomic mass is 10.1. The molecule has 0 spiro atoms. The van der Waals surface area contributed by atoms with E-state index in [9.17, 15) is 14.7 Å². The fourth-order valence-electron chi connectivity index (χ4n) is 1.92. The SMILES string of the molecule is O=C(O)[C@@H](Cc1ccc(Cl)cc1Cl)NC(=O)N1CCSC1. The highest BCUT2D eigenvalue weighted by atomic mass is 35.5. The molecule has 8 heteroatoms. The van der Waals surface area contributed by atoms with Gasteiger partial charge >= 0.3 is 12.0 Å². The summed E-state index contributed by atoms with van der Waals surface area (Å²) in [6, 6.07) is 3.47. The van der Waals surface area contributed by atoms with Crippen LogP contribution >= 0.6 is 35.0 Å². The van der Waals surface area contributed by atoms with Crippen LogP contribution < -0.4 is 5.32 Å². The summed E-state index contributed by atoms with van der Waals surface area (Å²) >= 11 is 13.5. The van der Waals surface area contributed by atoms with Crippen LogP contribution in [0.1, 0.15) is 5.56 Å². The number of carbonyl (C=O) groups excluding carboxylic acids is 1. The lowest BCUT2D eigenvalue weighted by Crippen LogP contribution is -2.48. The van der Waals surface area contributed by atoms with Crippen molar-refractivity contribution in [2.45, 2.75) is 12.5 Å². The zero-order chi connectivity index (χ0) is 15.4. The first-order valence-electron chi connectivity index (χ1n) is 6.27. The van der Waals surface area contributed by atoms with Gasteiger partial charge in [0.1, 0.15) is 6.04 Å². The number of rotatable bonds is 4. The average molecular weight is 349 g/mol. The van der Waals surface area contributed by atoms with E-state index in [2.05, 4.69) is 5.32 Å². The van der Waals surface area contributed by atoms with Gasteiger partial charge in [-0.15, -0.1) is 11.8 Å². The van der Waals surface area contributed by atoms with Crippen LogP contribution in [0.25, 0.3) is 0 Å². The first-order chi connectivity index (χ1) is 9.97. The molecule has 1 aliphatic heterocycles. The molecule has 0 unspecified atom stereocenters. The Hall–Kier alpha value is -1.11. The number of amides is 2. The number of carbonyl (C=O) groups is 2. The number of halogens is 2. The minimum atomic E-state index is -1.10. The van der Waals surface area contributed by atoms with Crippen molar-refractivity contribution < 1.29 is 14.7 Å². The summed E-state index contributed by atoms with van der Waals surface area (Å²) in [6.07, 6.45) is 0.109. The van der Waals surface area contributed by atoms with Crippen molar-refractivity contribution >= 4 is 47.0 Å². The zero-order valence-electron chi connectivity index (χ0n) is 11.0. The van der Waals surface area contributed by atoms with Crippen molar-refractivity contribution in [2.75, 3.05) is 18.2 Å². The van der Waals surface area contributed by atoms with E-state index >= 15 is 0 Å². The first-order valence-corrected chi connectivity index (χ1v) is 8.18. The Morgan fingerprint density at radius 2 is 2.19 bits per heavy atom. The van der Waals surface area contributed by atoms with Crippen molar-refractivity contribution in [1.29, 1.82) is 0 Å². The van der Waals surface area contributed by atoms with Gasteiger partial charge in [-0.3, -0.25) is 0 Å². The molecule has 1 aliphatic rings. The second-order valence-corrected chi connectivity index (χ2v) is 6.50. The number of urea groups is 1. The molecular formula is C13H14Cl2N2O3S. The van der Waals surface area contributed by atoms with Gasteiger partial charge in [0.15, 0.2) is 0 Å². The molecule has 2 rings (SSSR count). The van der Waals surface area contributed by atoms with Gasteiger partial charge in [-0.1, -0.05) is 29.3 Å². The number of benzene rings is 1. The van der Waals surface area contributed by atoms with Gasteiger partial charge in [0.25, 0.3) is 0 Å². The Morgan fingerprint density at radius 1 is 1.43 bits per heavy atom. The molecule has 0 bridgehead atoms. The van der Waals surface area contributed by atoms with Crippen molar-refractivity contribution in [2.24, 2.45) is 0 Å². The fourth-order valence-corrected chi connectivity index (χ4v) is 3.35. The van der Waals surface area contributed by atoms with E-state index in [1.54, 1.807) is 34.9 Å². The van der Waals surface area contributed by atoms with Gasteiger partial charge in [-0.2, -0.15) is 0 Å². The van der Waals surface area contributed by atoms with E-state index in [0.29, 0.717) is 28.0 Å². The molecule has 2 amide bonds. The molecule has 0 aliphatic carbocycles. The third-order valence-corrected chi connectivity index (χ3v) is 4.63. The van der Waals surface area contributed by atoms with Crippen molar-refractivity contribution in [1.82, 2.24) is 10.2 Å². The van der Waals surface area contributed by atoms with Gasteiger partial charge in [0, 0.05) is 28.8 Å². The van der Waals surface area contributed by atoms with Crippen LogP contribution in [0.2, 0.25) is 10.0 Å². The molecule has 1 saturated heterocycles. The van der Waals surface area contributed by atoms with Crippen molar-refractivity contribution in [3.8, 4) is 0 Å². The molecule has 0 saturated carbocycles. The monoisotopic (exact) mass is 348 g/mol. The smallest absolute Gasteiger partial charge is 0.326 e. The predicted molar refractivity (Wildman–Crippen MR) is 84.2 cm³/mol. The maximum atomic E-state index is 12.0. The number of hydrogen-bond donors (Lipinski definition) is 2. The van der Waals surface area contributed by atoms with Crippen LogP contribution in [0, 0.1) is 0 Å². The maximum absolute atomic E-state index is 12.0. The normalized spacial score (nSPS) is 15.8. The molecule has 2 N–H and O–H groups in total. The third kappa shape index (κ3) is 4.43. The molecular weight excluding hydrogens is 335 g/mol. The van der Waals surface area contributed by atoms with Crippen molar-refractivity contribution in [3.05, 3.63) is 33.8 Å². The van der Waals surface area contributed by atoms with Crippen LogP contribution in [0.5, 0.6) is 0 Å².